The Kier molecular flexibility index (Phi) is 14.7. The summed E-state index contributed by atoms with van der Waals surface area (Å²) in [5.41, 5.74) is -0.609. The minimum atomic E-state index is -5.49. The van der Waals surface area contributed by atoms with E-state index in [0.717, 1.165) is 0 Å². The number of hydrogen-bond acceptors (Lipinski definition) is 13. The van der Waals surface area contributed by atoms with Crippen molar-refractivity contribution in [3.8, 4) is 17.1 Å². The third-order valence-electron chi connectivity index (χ3n) is 6.58. The van der Waals surface area contributed by atoms with Crippen molar-refractivity contribution in [3.63, 3.8) is 0 Å². The normalized spacial score (nSPS) is 12.2. The van der Waals surface area contributed by atoms with Gasteiger partial charge in [0.1, 0.15) is 51.7 Å². The number of fused-ring (bicyclic) bond motifs is 1. The van der Waals surface area contributed by atoms with Gasteiger partial charge in [0.05, 0.1) is 30.6 Å². The number of phosphoric ester groups is 1. The van der Waals surface area contributed by atoms with Crippen LogP contribution in [0, 0.1) is 5.82 Å². The van der Waals surface area contributed by atoms with Gasteiger partial charge in [-0.3, -0.25) is 4.90 Å². The minimum absolute atomic E-state index is 0. The van der Waals surface area contributed by atoms with E-state index < -0.39 is 49.3 Å². The number of furan rings is 1. The third kappa shape index (κ3) is 13.1. The van der Waals surface area contributed by atoms with Crippen LogP contribution in [-0.4, -0.2) is 54.7 Å². The minimum Gasteiger partial charge on any atom is -0.790 e. The SMILES string of the molecule is [2H]C([2H])(CN(Cc1ccc(-c2ccc3ncnc(Nc4ccc(OCc5cccc(F)c5)c(Cl)c4)c3c2)o1)C(=O)OCOP(=O)([O-])[O-])S(C)(=O)=O.[Na+].[Na+]. The van der Waals surface area contributed by atoms with Crippen molar-refractivity contribution in [1.29, 1.82) is 0 Å². The molecule has 0 saturated carbocycles. The Labute approximate surface area is 344 Å². The molecule has 14 nitrogen and oxygen atoms in total. The van der Waals surface area contributed by atoms with E-state index in [-0.39, 0.29) is 77.3 Å². The van der Waals surface area contributed by atoms with Crippen LogP contribution in [0.25, 0.3) is 22.2 Å². The van der Waals surface area contributed by atoms with Gasteiger partial charge in [-0.25, -0.2) is 27.6 Å². The smallest absolute Gasteiger partial charge is 0.790 e. The zero-order valence-electron chi connectivity index (χ0n) is 29.4. The number of carbonyl (C=O) groups excluding carboxylic acids is 1. The molecule has 3 aromatic carbocycles. The maximum atomic E-state index is 13.5. The average molecular weight is 781 g/mol. The van der Waals surface area contributed by atoms with Gasteiger partial charge in [0.15, 0.2) is 6.79 Å². The molecule has 51 heavy (non-hydrogen) atoms. The van der Waals surface area contributed by atoms with Crippen molar-refractivity contribution >= 4 is 57.8 Å². The van der Waals surface area contributed by atoms with E-state index in [1.54, 1.807) is 54.6 Å². The maximum absolute atomic E-state index is 13.5. The van der Waals surface area contributed by atoms with Gasteiger partial charge in [-0.15, -0.1) is 0 Å². The molecule has 1 amide bonds. The van der Waals surface area contributed by atoms with E-state index in [2.05, 4.69) is 24.5 Å². The number of carbonyl (C=O) groups is 1. The molecule has 5 rings (SSSR count). The second kappa shape index (κ2) is 19.0. The molecular weight excluding hydrogens is 752 g/mol. The first-order valence-corrected chi connectivity index (χ1v) is 17.8. The van der Waals surface area contributed by atoms with Crippen LogP contribution in [0.3, 0.4) is 0 Å². The van der Waals surface area contributed by atoms with Crippen molar-refractivity contribution in [3.05, 3.63) is 101 Å². The zero-order chi connectivity index (χ0) is 37.0. The molecule has 0 saturated heterocycles. The van der Waals surface area contributed by atoms with Crippen molar-refractivity contribution in [2.24, 2.45) is 0 Å². The van der Waals surface area contributed by atoms with E-state index >= 15 is 0 Å². The average Bonchev–Trinajstić information content (AvgIpc) is 3.51. The molecule has 2 aromatic heterocycles. The quantitative estimate of drug-likeness (QED) is 0.0803. The molecule has 0 aliphatic heterocycles. The number of benzene rings is 3. The molecule has 0 aliphatic carbocycles. The molecule has 0 bridgehead atoms. The fourth-order valence-corrected chi connectivity index (χ4v) is 5.16. The summed E-state index contributed by atoms with van der Waals surface area (Å²) in [6.45, 7) is -2.73. The number of amides is 1. The number of sulfone groups is 1. The van der Waals surface area contributed by atoms with Crippen molar-refractivity contribution in [2.45, 2.75) is 13.2 Å². The zero-order valence-corrected chi connectivity index (χ0v) is 33.8. The van der Waals surface area contributed by atoms with E-state index in [4.69, 9.17) is 23.5 Å². The summed E-state index contributed by atoms with van der Waals surface area (Å²) in [6, 6.07) is 19.2. The van der Waals surface area contributed by atoms with E-state index in [1.165, 1.54) is 24.5 Å². The summed E-state index contributed by atoms with van der Waals surface area (Å²) < 4.78 is 84.2. The van der Waals surface area contributed by atoms with Gasteiger partial charge in [0.25, 0.3) is 0 Å². The summed E-state index contributed by atoms with van der Waals surface area (Å²) in [5, 5.41) is 4.07. The molecule has 0 aliphatic rings. The number of phosphoric acid groups is 1. The summed E-state index contributed by atoms with van der Waals surface area (Å²) in [5.74, 6) is 0.795. The molecular formula is C31H27ClFN4Na2O10PS. The predicted octanol–water partition coefficient (Wildman–Crippen LogP) is -1.20. The first-order valence-electron chi connectivity index (χ1n) is 15.0. The van der Waals surface area contributed by atoms with Crippen LogP contribution in [0.1, 0.15) is 14.1 Å². The van der Waals surface area contributed by atoms with E-state index in [0.29, 0.717) is 61.2 Å². The Morgan fingerprint density at radius 1 is 1.10 bits per heavy atom. The molecule has 0 fully saturated rings. The maximum Gasteiger partial charge on any atom is 1.00 e. The fourth-order valence-electron chi connectivity index (χ4n) is 4.35. The summed E-state index contributed by atoms with van der Waals surface area (Å²) >= 11 is 6.47. The fraction of sp³-hybridized carbons (Fsp3) is 0.194. The van der Waals surface area contributed by atoms with Gasteiger partial charge >= 0.3 is 65.2 Å². The van der Waals surface area contributed by atoms with Crippen molar-refractivity contribution in [1.82, 2.24) is 14.9 Å². The number of nitrogens with one attached hydrogen (secondary N) is 1. The van der Waals surface area contributed by atoms with E-state index in [9.17, 15) is 32.0 Å². The molecule has 0 radical (unpaired) electrons. The summed E-state index contributed by atoms with van der Waals surface area (Å²) in [4.78, 5) is 43.4. The van der Waals surface area contributed by atoms with Gasteiger partial charge < -0.3 is 38.1 Å². The van der Waals surface area contributed by atoms with Crippen LogP contribution in [0.2, 0.25) is 5.02 Å². The number of nitrogens with zero attached hydrogens (tertiary/aromatic N) is 3. The van der Waals surface area contributed by atoms with Crippen LogP contribution in [-0.2, 0) is 36.8 Å². The Morgan fingerprint density at radius 2 is 1.88 bits per heavy atom. The molecule has 0 unspecified atom stereocenters. The molecule has 2 heterocycles. The topological polar surface area (TPSA) is 196 Å². The Morgan fingerprint density at radius 3 is 2.59 bits per heavy atom. The number of rotatable bonds is 14. The standard InChI is InChI=1S/C31H29ClFN4O10PS.2Na/c1-49(42,43)12-11-37(31(38)45-19-46-48(39,40)41)16-24-7-10-28(47-24)21-5-8-27-25(14-21)30(35-18-34-27)36-23-6-9-29(26(32)15-23)44-17-20-3-2-4-22(33)13-20;;/h2-10,13-15,18H,11-12,16-17,19H2,1H3,(H,34,35,36)(H2,39,40,41);;/q;2*+1/p-2/i12D2;;. The Balaban J connectivity index is 0.00000378. The van der Waals surface area contributed by atoms with Gasteiger partial charge in [0, 0.05) is 32.2 Å². The number of anilines is 2. The number of ether oxygens (including phenoxy) is 2. The third-order valence-corrected chi connectivity index (χ3v) is 7.95. The summed E-state index contributed by atoms with van der Waals surface area (Å²) in [6.07, 6.45) is 0.630. The van der Waals surface area contributed by atoms with Crippen LogP contribution < -0.4 is 79.0 Å². The largest absolute Gasteiger partial charge is 1.00 e. The van der Waals surface area contributed by atoms with Gasteiger partial charge in [0.2, 0.25) is 0 Å². The van der Waals surface area contributed by atoms with E-state index in [1.807, 2.05) is 0 Å². The number of hydrogen-bond donors (Lipinski definition) is 1. The monoisotopic (exact) mass is 780 g/mol. The molecule has 0 spiro atoms. The predicted molar refractivity (Wildman–Crippen MR) is 173 cm³/mol. The molecule has 20 heteroatoms. The van der Waals surface area contributed by atoms with Crippen LogP contribution >= 0.6 is 19.4 Å². The Hall–Kier alpha value is -2.57. The molecule has 258 valence electrons. The first-order chi connectivity index (χ1) is 24.0. The molecule has 0 atom stereocenters. The molecule has 5 aromatic rings. The van der Waals surface area contributed by atoms with Crippen LogP contribution in [0.5, 0.6) is 5.75 Å². The van der Waals surface area contributed by atoms with Crippen molar-refractivity contribution in [2.75, 3.05) is 30.6 Å². The molecule has 1 N–H and O–H groups in total. The summed E-state index contributed by atoms with van der Waals surface area (Å²) in [7, 11) is -9.83. The Bertz CT molecular complexity index is 2240. The van der Waals surface area contributed by atoms with Crippen LogP contribution in [0.4, 0.5) is 20.7 Å². The van der Waals surface area contributed by atoms with Gasteiger partial charge in [-0.05, 0) is 66.2 Å². The van der Waals surface area contributed by atoms with Crippen LogP contribution in [0.15, 0.2) is 83.5 Å². The second-order valence-electron chi connectivity index (χ2n) is 10.3. The van der Waals surface area contributed by atoms with Gasteiger partial charge in [-0.1, -0.05) is 23.7 Å². The number of halogens is 2. The first kappa shape index (κ1) is 39.6. The van der Waals surface area contributed by atoms with Gasteiger partial charge in [-0.2, -0.15) is 0 Å². The number of aromatic nitrogens is 2. The second-order valence-corrected chi connectivity index (χ2v) is 13.7. The van der Waals surface area contributed by atoms with Crippen molar-refractivity contribution < 1.29 is 112 Å².